The van der Waals surface area contributed by atoms with Crippen LogP contribution in [0.2, 0.25) is 0 Å². The van der Waals surface area contributed by atoms with E-state index < -0.39 is 11.7 Å². The highest BCUT2D eigenvalue weighted by Crippen LogP contribution is 2.49. The van der Waals surface area contributed by atoms with E-state index in [0.29, 0.717) is 19.6 Å². The van der Waals surface area contributed by atoms with Crippen molar-refractivity contribution in [2.75, 3.05) is 13.7 Å². The fourth-order valence-electron chi connectivity index (χ4n) is 5.82. The van der Waals surface area contributed by atoms with E-state index in [9.17, 15) is 5.11 Å². The zero-order valence-corrected chi connectivity index (χ0v) is 22.1. The van der Waals surface area contributed by atoms with Gasteiger partial charge in [-0.3, -0.25) is 0 Å². The normalized spacial score (nSPS) is 23.8. The molecule has 0 amide bonds. The second kappa shape index (κ2) is 11.3. The molecule has 4 aromatic carbocycles. The van der Waals surface area contributed by atoms with E-state index in [1.165, 1.54) is 0 Å². The zero-order chi connectivity index (χ0) is 26.7. The highest BCUT2D eigenvalue weighted by molar-refractivity contribution is 5.40. The number of aliphatic hydroxyl groups excluding tert-OH is 1. The van der Waals surface area contributed by atoms with Crippen LogP contribution in [-0.2, 0) is 32.8 Å². The molecule has 5 nitrogen and oxygen atoms in total. The van der Waals surface area contributed by atoms with Gasteiger partial charge in [-0.05, 0) is 34.4 Å². The smallest absolute Gasteiger partial charge is 0.123 e. The van der Waals surface area contributed by atoms with Crippen molar-refractivity contribution < 1.29 is 24.1 Å². The highest BCUT2D eigenvalue weighted by atomic mass is 16.6. The molecule has 1 N–H and O–H groups in total. The first-order valence-corrected chi connectivity index (χ1v) is 13.5. The lowest BCUT2D eigenvalue weighted by Gasteiger charge is -2.40. The largest absolute Gasteiger partial charge is 0.497 e. The Balaban J connectivity index is 1.35. The molecule has 200 valence electrons. The molecule has 1 saturated heterocycles. The maximum Gasteiger partial charge on any atom is 0.123 e. The van der Waals surface area contributed by atoms with Crippen LogP contribution in [0.25, 0.3) is 0 Å². The minimum absolute atomic E-state index is 0.159. The molecular formula is C34H34O5. The minimum atomic E-state index is -0.806. The molecule has 2 fully saturated rings. The van der Waals surface area contributed by atoms with Crippen molar-refractivity contribution in [3.05, 3.63) is 138 Å². The second-order valence-electron chi connectivity index (χ2n) is 10.4. The number of hydrogen-bond acceptors (Lipinski definition) is 5. The van der Waals surface area contributed by atoms with E-state index in [1.54, 1.807) is 7.11 Å². The van der Waals surface area contributed by atoms with Gasteiger partial charge in [-0.2, -0.15) is 0 Å². The number of fused-ring (bicyclic) bond motifs is 1. The van der Waals surface area contributed by atoms with Gasteiger partial charge in [-0.25, -0.2) is 0 Å². The summed E-state index contributed by atoms with van der Waals surface area (Å²) in [5.41, 5.74) is 3.52. The molecule has 0 radical (unpaired) electrons. The molecular weight excluding hydrogens is 488 g/mol. The molecule has 1 aliphatic heterocycles. The fourth-order valence-corrected chi connectivity index (χ4v) is 5.82. The molecule has 2 aliphatic rings. The average Bonchev–Trinajstić information content (AvgIpc) is 3.76. The molecule has 5 unspecified atom stereocenters. The molecule has 39 heavy (non-hydrogen) atoms. The van der Waals surface area contributed by atoms with Gasteiger partial charge in [0.2, 0.25) is 0 Å². The number of ether oxygens (including phenoxy) is 4. The lowest BCUT2D eigenvalue weighted by atomic mass is 9.80. The van der Waals surface area contributed by atoms with Crippen molar-refractivity contribution in [2.24, 2.45) is 5.92 Å². The Morgan fingerprint density at radius 2 is 1.31 bits per heavy atom. The summed E-state index contributed by atoms with van der Waals surface area (Å²) in [5.74, 6) is 0.605. The Bertz CT molecular complexity index is 1290. The molecule has 5 heteroatoms. The van der Waals surface area contributed by atoms with E-state index in [1.807, 2.05) is 78.9 Å². The number of benzene rings is 4. The van der Waals surface area contributed by atoms with Crippen LogP contribution in [-0.4, -0.2) is 43.2 Å². The maximum atomic E-state index is 11.2. The summed E-state index contributed by atoms with van der Waals surface area (Å²) in [6, 6.07) is 38.9. The zero-order valence-electron chi connectivity index (χ0n) is 22.1. The molecule has 1 aliphatic carbocycles. The lowest BCUT2D eigenvalue weighted by Crippen LogP contribution is -2.44. The first-order chi connectivity index (χ1) is 19.2. The lowest BCUT2D eigenvalue weighted by molar-refractivity contribution is -0.137. The number of aliphatic hydroxyl groups is 1. The standard InChI is InChI=1S/C34H34O5/c1-36-28-19-17-24(18-20-28)21-34(26-13-7-3-8-14-26,27-15-9-4-10-16-27)39-31-29(30(35)32-33(31)38-32)23-37-22-25-11-5-2-6-12-25/h2-20,29-33,35H,21-23H2,1H3. The molecule has 0 bridgehead atoms. The molecule has 0 spiro atoms. The van der Waals surface area contributed by atoms with Gasteiger partial charge in [0.1, 0.15) is 23.6 Å². The molecule has 6 rings (SSSR count). The van der Waals surface area contributed by atoms with Crippen LogP contribution in [0.4, 0.5) is 0 Å². The third kappa shape index (κ3) is 5.36. The Kier molecular flexibility index (Phi) is 7.49. The van der Waals surface area contributed by atoms with Gasteiger partial charge < -0.3 is 24.1 Å². The molecule has 4 aromatic rings. The number of methoxy groups -OCH3 is 1. The Morgan fingerprint density at radius 1 is 0.718 bits per heavy atom. The van der Waals surface area contributed by atoms with Crippen LogP contribution in [0, 0.1) is 5.92 Å². The summed E-state index contributed by atoms with van der Waals surface area (Å²) >= 11 is 0. The van der Waals surface area contributed by atoms with Crippen molar-refractivity contribution in [3.63, 3.8) is 0 Å². The van der Waals surface area contributed by atoms with Crippen molar-refractivity contribution in [1.82, 2.24) is 0 Å². The predicted octanol–water partition coefficient (Wildman–Crippen LogP) is 5.54. The quantitative estimate of drug-likeness (QED) is 0.262. The van der Waals surface area contributed by atoms with Crippen molar-refractivity contribution >= 4 is 0 Å². The van der Waals surface area contributed by atoms with Gasteiger partial charge in [0.15, 0.2) is 0 Å². The number of epoxide rings is 1. The molecule has 1 saturated carbocycles. The monoisotopic (exact) mass is 522 g/mol. The summed E-state index contributed by atoms with van der Waals surface area (Å²) in [6.45, 7) is 0.876. The van der Waals surface area contributed by atoms with E-state index in [2.05, 4.69) is 36.4 Å². The highest BCUT2D eigenvalue weighted by Gasteiger charge is 2.64. The van der Waals surface area contributed by atoms with Crippen molar-refractivity contribution in [2.45, 2.75) is 43.0 Å². The topological polar surface area (TPSA) is 60.5 Å². The van der Waals surface area contributed by atoms with Crippen LogP contribution >= 0.6 is 0 Å². The van der Waals surface area contributed by atoms with Crippen LogP contribution in [0.3, 0.4) is 0 Å². The van der Waals surface area contributed by atoms with Crippen molar-refractivity contribution in [3.8, 4) is 5.75 Å². The van der Waals surface area contributed by atoms with Gasteiger partial charge in [-0.15, -0.1) is 0 Å². The van der Waals surface area contributed by atoms with Crippen LogP contribution in [0.1, 0.15) is 22.3 Å². The summed E-state index contributed by atoms with van der Waals surface area (Å²) in [5, 5.41) is 11.2. The Hall–Kier alpha value is -3.48. The second-order valence-corrected chi connectivity index (χ2v) is 10.4. The van der Waals surface area contributed by atoms with Gasteiger partial charge in [0, 0.05) is 12.3 Å². The van der Waals surface area contributed by atoms with Gasteiger partial charge in [0.25, 0.3) is 0 Å². The summed E-state index contributed by atoms with van der Waals surface area (Å²) in [6.07, 6.45) is -0.744. The number of rotatable bonds is 11. The summed E-state index contributed by atoms with van der Waals surface area (Å²) in [4.78, 5) is 0. The van der Waals surface area contributed by atoms with Crippen molar-refractivity contribution in [1.29, 1.82) is 0 Å². The van der Waals surface area contributed by atoms with Crippen LogP contribution < -0.4 is 4.74 Å². The third-order valence-electron chi connectivity index (χ3n) is 7.93. The van der Waals surface area contributed by atoms with Gasteiger partial charge in [-0.1, -0.05) is 103 Å². The van der Waals surface area contributed by atoms with Gasteiger partial charge in [0.05, 0.1) is 32.5 Å². The molecule has 0 aromatic heterocycles. The molecule has 5 atom stereocenters. The predicted molar refractivity (Wildman–Crippen MR) is 149 cm³/mol. The van der Waals surface area contributed by atoms with E-state index in [0.717, 1.165) is 28.0 Å². The first kappa shape index (κ1) is 25.8. The van der Waals surface area contributed by atoms with Crippen LogP contribution in [0.15, 0.2) is 115 Å². The Labute approximate surface area is 229 Å². The Morgan fingerprint density at radius 3 is 1.90 bits per heavy atom. The SMILES string of the molecule is COc1ccc(CC(OC2C(COCc3ccccc3)C(O)C3OC32)(c2ccccc2)c2ccccc2)cc1. The third-order valence-corrected chi connectivity index (χ3v) is 7.93. The van der Waals surface area contributed by atoms with Gasteiger partial charge >= 0.3 is 0 Å². The maximum absolute atomic E-state index is 11.2. The van der Waals surface area contributed by atoms with Crippen LogP contribution in [0.5, 0.6) is 5.75 Å². The van der Waals surface area contributed by atoms with E-state index in [-0.39, 0.29) is 24.2 Å². The van der Waals surface area contributed by atoms with E-state index in [4.69, 9.17) is 18.9 Å². The number of hydrogen-bond donors (Lipinski definition) is 1. The summed E-state index contributed by atoms with van der Waals surface area (Å²) in [7, 11) is 1.67. The van der Waals surface area contributed by atoms with E-state index >= 15 is 0 Å². The fraction of sp³-hybridized carbons (Fsp3) is 0.294. The minimum Gasteiger partial charge on any atom is -0.497 e. The first-order valence-electron chi connectivity index (χ1n) is 13.5. The average molecular weight is 523 g/mol. The summed E-state index contributed by atoms with van der Waals surface area (Å²) < 4.78 is 24.7. The molecule has 1 heterocycles.